The van der Waals surface area contributed by atoms with Gasteiger partial charge >= 0.3 is 0 Å². The van der Waals surface area contributed by atoms with Crippen LogP contribution in [0.3, 0.4) is 0 Å². The van der Waals surface area contributed by atoms with Gasteiger partial charge < -0.3 is 11.1 Å². The molecule has 0 spiro atoms. The minimum Gasteiger partial charge on any atom is -0.354 e. The zero-order valence-electron chi connectivity index (χ0n) is 8.95. The SMILES string of the molecule is CC(C)NC(=O)[C@H]1CC[C@H](N)CC1.Cl. The summed E-state index contributed by atoms with van der Waals surface area (Å²) >= 11 is 0. The third-order valence-electron chi connectivity index (χ3n) is 2.57. The van der Waals surface area contributed by atoms with Crippen LogP contribution in [0.25, 0.3) is 0 Å². The summed E-state index contributed by atoms with van der Waals surface area (Å²) in [6.45, 7) is 3.99. The Morgan fingerprint density at radius 1 is 1.29 bits per heavy atom. The van der Waals surface area contributed by atoms with E-state index in [1.54, 1.807) is 0 Å². The lowest BCUT2D eigenvalue weighted by molar-refractivity contribution is -0.126. The standard InChI is InChI=1S/C10H20N2O.ClH/c1-7(2)12-10(13)8-3-5-9(11)6-4-8;/h7-9H,3-6,11H2,1-2H3,(H,12,13);1H/t8-,9-;. The van der Waals surface area contributed by atoms with Gasteiger partial charge in [-0.3, -0.25) is 4.79 Å². The average Bonchev–Trinajstić information content (AvgIpc) is 2.04. The smallest absolute Gasteiger partial charge is 0.223 e. The molecule has 0 atom stereocenters. The van der Waals surface area contributed by atoms with E-state index in [9.17, 15) is 4.79 Å². The number of rotatable bonds is 2. The van der Waals surface area contributed by atoms with Crippen molar-refractivity contribution in [2.24, 2.45) is 11.7 Å². The molecule has 0 aromatic heterocycles. The van der Waals surface area contributed by atoms with E-state index in [1.807, 2.05) is 13.8 Å². The molecule has 0 aliphatic heterocycles. The normalized spacial score (nSPS) is 26.9. The van der Waals surface area contributed by atoms with E-state index in [4.69, 9.17) is 5.73 Å². The van der Waals surface area contributed by atoms with Crippen LogP contribution in [-0.4, -0.2) is 18.0 Å². The molecule has 0 aromatic carbocycles. The molecule has 84 valence electrons. The van der Waals surface area contributed by atoms with Gasteiger partial charge in [0.05, 0.1) is 0 Å². The van der Waals surface area contributed by atoms with E-state index < -0.39 is 0 Å². The van der Waals surface area contributed by atoms with Gasteiger partial charge in [0.2, 0.25) is 5.91 Å². The Kier molecular flexibility index (Phi) is 6.12. The highest BCUT2D eigenvalue weighted by Gasteiger charge is 2.24. The van der Waals surface area contributed by atoms with E-state index in [0.29, 0.717) is 6.04 Å². The summed E-state index contributed by atoms with van der Waals surface area (Å²) in [4.78, 5) is 11.6. The minimum atomic E-state index is 0. The van der Waals surface area contributed by atoms with Crippen molar-refractivity contribution in [3.05, 3.63) is 0 Å². The third-order valence-corrected chi connectivity index (χ3v) is 2.57. The lowest BCUT2D eigenvalue weighted by atomic mass is 9.86. The van der Waals surface area contributed by atoms with Crippen molar-refractivity contribution in [3.8, 4) is 0 Å². The molecule has 1 aliphatic carbocycles. The number of hydrogen-bond donors (Lipinski definition) is 2. The molecular weight excluding hydrogens is 200 g/mol. The van der Waals surface area contributed by atoms with Gasteiger partial charge in [-0.2, -0.15) is 0 Å². The highest BCUT2D eigenvalue weighted by atomic mass is 35.5. The van der Waals surface area contributed by atoms with Gasteiger partial charge in [0.1, 0.15) is 0 Å². The maximum Gasteiger partial charge on any atom is 0.223 e. The number of carbonyl (C=O) groups excluding carboxylic acids is 1. The second kappa shape index (κ2) is 6.25. The van der Waals surface area contributed by atoms with Gasteiger partial charge in [0.15, 0.2) is 0 Å². The fourth-order valence-corrected chi connectivity index (χ4v) is 1.78. The first-order valence-corrected chi connectivity index (χ1v) is 5.15. The lowest BCUT2D eigenvalue weighted by Crippen LogP contribution is -2.39. The van der Waals surface area contributed by atoms with Crippen LogP contribution in [-0.2, 0) is 4.79 Å². The number of amides is 1. The van der Waals surface area contributed by atoms with Gasteiger partial charge in [-0.25, -0.2) is 0 Å². The largest absolute Gasteiger partial charge is 0.354 e. The van der Waals surface area contributed by atoms with E-state index in [2.05, 4.69) is 5.32 Å². The molecule has 14 heavy (non-hydrogen) atoms. The van der Waals surface area contributed by atoms with Crippen LogP contribution in [0.4, 0.5) is 0 Å². The summed E-state index contributed by atoms with van der Waals surface area (Å²) in [6.07, 6.45) is 3.91. The van der Waals surface area contributed by atoms with Crippen molar-refractivity contribution in [1.29, 1.82) is 0 Å². The quantitative estimate of drug-likeness (QED) is 0.740. The van der Waals surface area contributed by atoms with Crippen molar-refractivity contribution in [2.75, 3.05) is 0 Å². The van der Waals surface area contributed by atoms with Crippen LogP contribution in [0, 0.1) is 5.92 Å². The van der Waals surface area contributed by atoms with Crippen LogP contribution in [0.15, 0.2) is 0 Å². The second-order valence-corrected chi connectivity index (χ2v) is 4.27. The molecule has 1 rings (SSSR count). The van der Waals surface area contributed by atoms with Gasteiger partial charge in [-0.05, 0) is 39.5 Å². The van der Waals surface area contributed by atoms with Crippen LogP contribution < -0.4 is 11.1 Å². The van der Waals surface area contributed by atoms with Gasteiger partial charge in [0, 0.05) is 18.0 Å². The van der Waals surface area contributed by atoms with Crippen LogP contribution in [0.2, 0.25) is 0 Å². The third kappa shape index (κ3) is 4.29. The number of halogens is 1. The molecule has 3 N–H and O–H groups in total. The van der Waals surface area contributed by atoms with Gasteiger partial charge in [-0.15, -0.1) is 12.4 Å². The zero-order chi connectivity index (χ0) is 9.84. The fourth-order valence-electron chi connectivity index (χ4n) is 1.78. The first-order valence-electron chi connectivity index (χ1n) is 5.15. The molecule has 0 unspecified atom stereocenters. The molecule has 0 saturated heterocycles. The predicted octanol–water partition coefficient (Wildman–Crippen LogP) is 1.45. The first kappa shape index (κ1) is 13.7. The summed E-state index contributed by atoms with van der Waals surface area (Å²) < 4.78 is 0. The maximum atomic E-state index is 11.6. The van der Waals surface area contributed by atoms with E-state index in [1.165, 1.54) is 0 Å². The number of hydrogen-bond acceptors (Lipinski definition) is 2. The molecule has 4 heteroatoms. The lowest BCUT2D eigenvalue weighted by Gasteiger charge is -2.25. The highest BCUT2D eigenvalue weighted by Crippen LogP contribution is 2.23. The van der Waals surface area contributed by atoms with Crippen LogP contribution in [0.5, 0.6) is 0 Å². The summed E-state index contributed by atoms with van der Waals surface area (Å²) in [6, 6.07) is 0.575. The Morgan fingerprint density at radius 2 is 1.79 bits per heavy atom. The highest BCUT2D eigenvalue weighted by molar-refractivity contribution is 5.85. The van der Waals surface area contributed by atoms with Crippen molar-refractivity contribution in [2.45, 2.75) is 51.6 Å². The molecule has 3 nitrogen and oxygen atoms in total. The summed E-state index contributed by atoms with van der Waals surface area (Å²) in [5.74, 6) is 0.420. The Hall–Kier alpha value is -0.280. The molecule has 1 aliphatic rings. The fraction of sp³-hybridized carbons (Fsp3) is 0.900. The topological polar surface area (TPSA) is 55.1 Å². The molecule has 1 saturated carbocycles. The molecule has 1 fully saturated rings. The first-order chi connectivity index (χ1) is 6.09. The van der Waals surface area contributed by atoms with Crippen LogP contribution in [0.1, 0.15) is 39.5 Å². The van der Waals surface area contributed by atoms with Crippen molar-refractivity contribution in [1.82, 2.24) is 5.32 Å². The number of nitrogens with one attached hydrogen (secondary N) is 1. The molecule has 0 bridgehead atoms. The monoisotopic (exact) mass is 220 g/mol. The van der Waals surface area contributed by atoms with Crippen molar-refractivity contribution < 1.29 is 4.79 Å². The van der Waals surface area contributed by atoms with Crippen LogP contribution >= 0.6 is 12.4 Å². The minimum absolute atomic E-state index is 0. The van der Waals surface area contributed by atoms with Crippen molar-refractivity contribution >= 4 is 18.3 Å². The molecule has 0 aromatic rings. The van der Waals surface area contributed by atoms with E-state index in [-0.39, 0.29) is 30.3 Å². The average molecular weight is 221 g/mol. The van der Waals surface area contributed by atoms with E-state index in [0.717, 1.165) is 25.7 Å². The summed E-state index contributed by atoms with van der Waals surface area (Å²) in [5.41, 5.74) is 5.77. The molecule has 0 radical (unpaired) electrons. The zero-order valence-corrected chi connectivity index (χ0v) is 9.77. The van der Waals surface area contributed by atoms with Crippen molar-refractivity contribution in [3.63, 3.8) is 0 Å². The Bertz CT molecular complexity index is 177. The van der Waals surface area contributed by atoms with Gasteiger partial charge in [0.25, 0.3) is 0 Å². The van der Waals surface area contributed by atoms with E-state index >= 15 is 0 Å². The summed E-state index contributed by atoms with van der Waals surface area (Å²) in [7, 11) is 0. The number of nitrogens with two attached hydrogens (primary N) is 1. The maximum absolute atomic E-state index is 11.6. The van der Waals surface area contributed by atoms with Gasteiger partial charge in [-0.1, -0.05) is 0 Å². The molecule has 0 heterocycles. The molecular formula is C10H21ClN2O. The Morgan fingerprint density at radius 3 is 2.21 bits per heavy atom. The second-order valence-electron chi connectivity index (χ2n) is 4.27. The Labute approximate surface area is 92.2 Å². The Balaban J connectivity index is 0.00000169. The molecule has 1 amide bonds. The number of carbonyl (C=O) groups is 1. The summed E-state index contributed by atoms with van der Waals surface area (Å²) in [5, 5.41) is 2.95. The predicted molar refractivity (Wildman–Crippen MR) is 60.5 cm³/mol.